The third kappa shape index (κ3) is 5.89. The van der Waals surface area contributed by atoms with Crippen molar-refractivity contribution in [3.63, 3.8) is 0 Å². The number of carbonyl (C=O) groups is 1. The van der Waals surface area contributed by atoms with Gasteiger partial charge in [0.2, 0.25) is 5.91 Å². The smallest absolute Gasteiger partial charge is 0.219 e. The maximum absolute atomic E-state index is 10.7. The van der Waals surface area contributed by atoms with Gasteiger partial charge in [0.15, 0.2) is 0 Å². The van der Waals surface area contributed by atoms with E-state index < -0.39 is 0 Å². The van der Waals surface area contributed by atoms with E-state index in [-0.39, 0.29) is 20.8 Å². The van der Waals surface area contributed by atoms with Gasteiger partial charge in [-0.05, 0) is 13.3 Å². The first-order chi connectivity index (χ1) is 4.09. The molecule has 0 saturated carbocycles. The number of hydrogen-bond donors (Lipinski definition) is 0. The van der Waals surface area contributed by atoms with Crippen molar-refractivity contribution >= 4 is 5.91 Å². The van der Waals surface area contributed by atoms with Crippen LogP contribution < -0.4 is 0 Å². The van der Waals surface area contributed by atoms with E-state index in [1.165, 1.54) is 0 Å². The predicted molar refractivity (Wildman–Crippen MR) is 51.7 cm³/mol. The van der Waals surface area contributed by atoms with Gasteiger partial charge in [0.25, 0.3) is 0 Å². The summed E-state index contributed by atoms with van der Waals surface area (Å²) >= 11 is 0. The first kappa shape index (κ1) is 16.8. The zero-order valence-electron chi connectivity index (χ0n) is 6.64. The van der Waals surface area contributed by atoms with Gasteiger partial charge < -0.3 is 4.90 Å². The molecule has 0 aliphatic rings. The fraction of sp³-hybridized carbons (Fsp3) is 0.889. The van der Waals surface area contributed by atoms with Crippen LogP contribution >= 0.6 is 0 Å². The van der Waals surface area contributed by atoms with Crippen LogP contribution in [0.3, 0.4) is 0 Å². The summed E-state index contributed by atoms with van der Waals surface area (Å²) < 4.78 is 0. The predicted octanol–water partition coefficient (Wildman–Crippen LogP) is 2.54. The molecule has 0 heterocycles. The van der Waals surface area contributed by atoms with E-state index in [4.69, 9.17) is 0 Å². The summed E-state index contributed by atoms with van der Waals surface area (Å²) in [4.78, 5) is 12.4. The molecular weight excluding hydrogens is 138 g/mol. The molecule has 0 aliphatic heterocycles. The van der Waals surface area contributed by atoms with E-state index in [0.717, 1.165) is 6.42 Å². The Morgan fingerprint density at radius 1 is 1.45 bits per heavy atom. The van der Waals surface area contributed by atoms with E-state index in [2.05, 4.69) is 6.92 Å². The minimum atomic E-state index is 0. The van der Waals surface area contributed by atoms with Crippen molar-refractivity contribution in [2.45, 2.75) is 48.1 Å². The maximum Gasteiger partial charge on any atom is 0.219 e. The maximum atomic E-state index is 10.7. The second-order valence-electron chi connectivity index (χ2n) is 2.39. The Bertz CT molecular complexity index is 102. The molecule has 0 rings (SSSR count). The summed E-state index contributed by atoms with van der Waals surface area (Å²) in [7, 11) is 1.83. The van der Waals surface area contributed by atoms with Gasteiger partial charge in [-0.1, -0.05) is 21.8 Å². The number of amides is 1. The molecule has 0 aromatic heterocycles. The zero-order valence-corrected chi connectivity index (χ0v) is 6.64. The second kappa shape index (κ2) is 7.58. The quantitative estimate of drug-likeness (QED) is 0.609. The lowest BCUT2D eigenvalue weighted by molar-refractivity contribution is -0.129. The van der Waals surface area contributed by atoms with E-state index >= 15 is 0 Å². The number of nitrogens with zero attached hydrogens (tertiary/aromatic N) is 1. The molecular formula is C9H23NO. The van der Waals surface area contributed by atoms with Crippen molar-refractivity contribution in [2.24, 2.45) is 0 Å². The summed E-state index contributed by atoms with van der Waals surface area (Å²) in [6.45, 7) is 5.71. The van der Waals surface area contributed by atoms with Crippen LogP contribution in [0.1, 0.15) is 42.0 Å². The van der Waals surface area contributed by atoms with E-state index in [1.807, 2.05) is 14.0 Å². The summed E-state index contributed by atoms with van der Waals surface area (Å²) in [6, 6.07) is 0.377. The van der Waals surface area contributed by atoms with Crippen LogP contribution in [0, 0.1) is 0 Å². The molecule has 1 unspecified atom stereocenters. The SMILES string of the molecule is C.C.CCC(C)N(C)C(C)=O. The fourth-order valence-electron chi connectivity index (χ4n) is 0.584. The van der Waals surface area contributed by atoms with E-state index in [9.17, 15) is 4.79 Å². The molecule has 0 aromatic rings. The van der Waals surface area contributed by atoms with Crippen molar-refractivity contribution in [2.75, 3.05) is 7.05 Å². The normalized spacial score (nSPS) is 10.5. The highest BCUT2D eigenvalue weighted by atomic mass is 16.2. The fourth-order valence-corrected chi connectivity index (χ4v) is 0.584. The van der Waals surface area contributed by atoms with Crippen LogP contribution in [-0.4, -0.2) is 23.9 Å². The Balaban J connectivity index is -0.000000320. The lowest BCUT2D eigenvalue weighted by Gasteiger charge is -2.21. The zero-order chi connectivity index (χ0) is 7.44. The molecule has 0 fully saturated rings. The van der Waals surface area contributed by atoms with Crippen LogP contribution in [-0.2, 0) is 4.79 Å². The van der Waals surface area contributed by atoms with Crippen LogP contribution in [0.4, 0.5) is 0 Å². The van der Waals surface area contributed by atoms with Gasteiger partial charge in [-0.3, -0.25) is 4.79 Å². The summed E-state index contributed by atoms with van der Waals surface area (Å²) in [5.74, 6) is 0.143. The van der Waals surface area contributed by atoms with Crippen molar-refractivity contribution in [1.29, 1.82) is 0 Å². The molecule has 0 aliphatic carbocycles. The lowest BCUT2D eigenvalue weighted by atomic mass is 10.2. The number of rotatable bonds is 2. The Hall–Kier alpha value is -0.530. The van der Waals surface area contributed by atoms with Gasteiger partial charge in [-0.25, -0.2) is 0 Å². The van der Waals surface area contributed by atoms with Crippen LogP contribution in [0.15, 0.2) is 0 Å². The summed E-state index contributed by atoms with van der Waals surface area (Å²) in [5, 5.41) is 0. The molecule has 11 heavy (non-hydrogen) atoms. The molecule has 0 radical (unpaired) electrons. The Morgan fingerprint density at radius 2 is 1.82 bits per heavy atom. The Morgan fingerprint density at radius 3 is 1.91 bits per heavy atom. The van der Waals surface area contributed by atoms with Crippen LogP contribution in [0.2, 0.25) is 0 Å². The standard InChI is InChI=1S/C7H15NO.2CH4/c1-5-6(2)8(4)7(3)9;;/h6H,5H2,1-4H3;2*1H4. The van der Waals surface area contributed by atoms with E-state index in [1.54, 1.807) is 11.8 Å². The third-order valence-corrected chi connectivity index (χ3v) is 1.75. The molecule has 0 saturated heterocycles. The van der Waals surface area contributed by atoms with Gasteiger partial charge in [0.05, 0.1) is 0 Å². The monoisotopic (exact) mass is 161 g/mol. The Kier molecular flexibility index (Phi) is 11.6. The molecule has 0 N–H and O–H groups in total. The third-order valence-electron chi connectivity index (χ3n) is 1.75. The minimum Gasteiger partial charge on any atom is -0.343 e. The van der Waals surface area contributed by atoms with Crippen molar-refractivity contribution in [1.82, 2.24) is 4.90 Å². The average Bonchev–Trinajstić information content (AvgIpc) is 1.84. The summed E-state index contributed by atoms with van der Waals surface area (Å²) in [5.41, 5.74) is 0. The number of carbonyl (C=O) groups excluding carboxylic acids is 1. The minimum absolute atomic E-state index is 0. The first-order valence-corrected chi connectivity index (χ1v) is 3.33. The first-order valence-electron chi connectivity index (χ1n) is 3.33. The second-order valence-corrected chi connectivity index (χ2v) is 2.39. The topological polar surface area (TPSA) is 20.3 Å². The molecule has 2 nitrogen and oxygen atoms in total. The summed E-state index contributed by atoms with van der Waals surface area (Å²) in [6.07, 6.45) is 1.02. The molecule has 0 bridgehead atoms. The molecule has 0 spiro atoms. The van der Waals surface area contributed by atoms with Crippen molar-refractivity contribution < 1.29 is 4.79 Å². The molecule has 1 amide bonds. The molecule has 0 aromatic carbocycles. The molecule has 1 atom stereocenters. The van der Waals surface area contributed by atoms with Crippen molar-refractivity contribution in [3.05, 3.63) is 0 Å². The molecule has 70 valence electrons. The highest BCUT2D eigenvalue weighted by Crippen LogP contribution is 1.98. The number of hydrogen-bond acceptors (Lipinski definition) is 1. The molecule has 2 heteroatoms. The van der Waals surface area contributed by atoms with Gasteiger partial charge in [0, 0.05) is 20.0 Å². The highest BCUT2D eigenvalue weighted by Gasteiger charge is 2.07. The Labute approximate surface area is 71.6 Å². The van der Waals surface area contributed by atoms with Gasteiger partial charge in [-0.2, -0.15) is 0 Å². The van der Waals surface area contributed by atoms with Gasteiger partial charge in [-0.15, -0.1) is 0 Å². The van der Waals surface area contributed by atoms with Crippen LogP contribution in [0.5, 0.6) is 0 Å². The van der Waals surface area contributed by atoms with Gasteiger partial charge in [0.1, 0.15) is 0 Å². The van der Waals surface area contributed by atoms with Crippen molar-refractivity contribution in [3.8, 4) is 0 Å². The van der Waals surface area contributed by atoms with Gasteiger partial charge >= 0.3 is 0 Å². The lowest BCUT2D eigenvalue weighted by Crippen LogP contribution is -2.32. The van der Waals surface area contributed by atoms with E-state index in [0.29, 0.717) is 6.04 Å². The largest absolute Gasteiger partial charge is 0.343 e. The highest BCUT2D eigenvalue weighted by molar-refractivity contribution is 5.73. The average molecular weight is 161 g/mol. The van der Waals surface area contributed by atoms with Crippen LogP contribution in [0.25, 0.3) is 0 Å².